The minimum absolute atomic E-state index is 0.0236. The van der Waals surface area contributed by atoms with E-state index in [0.717, 1.165) is 0 Å². The Morgan fingerprint density at radius 2 is 1.90 bits per heavy atom. The number of Topliss-reactive ketones (excluding diaryl/α,β-unsaturated/α-hetero) is 1. The third-order valence-corrected chi connectivity index (χ3v) is 3.07. The molecule has 0 radical (unpaired) electrons. The average Bonchev–Trinajstić information content (AvgIpc) is 2.41. The predicted molar refractivity (Wildman–Crippen MR) is 78.6 cm³/mol. The van der Waals surface area contributed by atoms with Gasteiger partial charge in [-0.05, 0) is 53.2 Å². The Morgan fingerprint density at radius 1 is 1.25 bits per heavy atom. The van der Waals surface area contributed by atoms with Crippen LogP contribution in [0.15, 0.2) is 41.0 Å². The van der Waals surface area contributed by atoms with Crippen LogP contribution in [0.1, 0.15) is 27.6 Å². The van der Waals surface area contributed by atoms with Crippen LogP contribution in [0.3, 0.4) is 0 Å². The largest absolute Gasteiger partial charge is 0.478 e. The molecule has 5 nitrogen and oxygen atoms in total. The molecule has 6 heteroatoms. The lowest BCUT2D eigenvalue weighted by molar-refractivity contribution is 0.0697. The van der Waals surface area contributed by atoms with Gasteiger partial charge < -0.3 is 10.4 Å². The molecule has 0 unspecified atom stereocenters. The number of anilines is 2. The van der Waals surface area contributed by atoms with E-state index in [9.17, 15) is 9.59 Å². The van der Waals surface area contributed by atoms with Gasteiger partial charge in [-0.1, -0.05) is 0 Å². The zero-order valence-corrected chi connectivity index (χ0v) is 12.1. The molecule has 20 heavy (non-hydrogen) atoms. The lowest BCUT2D eigenvalue weighted by Crippen LogP contribution is -2.05. The average molecular weight is 335 g/mol. The van der Waals surface area contributed by atoms with Crippen LogP contribution >= 0.6 is 15.9 Å². The molecule has 0 saturated heterocycles. The number of hydrogen-bond acceptors (Lipinski definition) is 4. The number of pyridine rings is 1. The summed E-state index contributed by atoms with van der Waals surface area (Å²) in [6, 6.07) is 8.22. The maximum absolute atomic E-state index is 11.2. The van der Waals surface area contributed by atoms with Gasteiger partial charge in [-0.15, -0.1) is 0 Å². The monoisotopic (exact) mass is 334 g/mol. The Kier molecular flexibility index (Phi) is 4.14. The first-order valence-electron chi connectivity index (χ1n) is 5.74. The first kappa shape index (κ1) is 14.2. The van der Waals surface area contributed by atoms with Crippen molar-refractivity contribution in [2.75, 3.05) is 5.32 Å². The normalized spacial score (nSPS) is 10.1. The summed E-state index contributed by atoms with van der Waals surface area (Å²) in [5.41, 5.74) is 1.32. The molecule has 0 atom stereocenters. The number of aromatic nitrogens is 1. The van der Waals surface area contributed by atoms with E-state index >= 15 is 0 Å². The van der Waals surface area contributed by atoms with Crippen molar-refractivity contribution in [1.82, 2.24) is 4.98 Å². The molecule has 0 aliphatic carbocycles. The molecule has 1 heterocycles. The molecule has 102 valence electrons. The first-order chi connectivity index (χ1) is 9.47. The highest BCUT2D eigenvalue weighted by molar-refractivity contribution is 9.10. The van der Waals surface area contributed by atoms with Crippen LogP contribution in [0, 0.1) is 0 Å². The first-order valence-corrected chi connectivity index (χ1v) is 6.53. The summed E-state index contributed by atoms with van der Waals surface area (Å²) in [4.78, 5) is 26.4. The Bertz CT molecular complexity index is 669. The fourth-order valence-electron chi connectivity index (χ4n) is 1.63. The van der Waals surface area contributed by atoms with Crippen LogP contribution in [0.5, 0.6) is 0 Å². The number of carboxylic acid groups (broad SMARTS) is 1. The SMILES string of the molecule is CC(=O)c1ccc(Nc2ncc(Br)cc2C(=O)O)cc1. The van der Waals surface area contributed by atoms with Crippen LogP contribution in [0.25, 0.3) is 0 Å². The van der Waals surface area contributed by atoms with Crippen LogP contribution in [0.4, 0.5) is 11.5 Å². The molecule has 0 aliphatic rings. The second kappa shape index (κ2) is 5.83. The number of hydrogen-bond donors (Lipinski definition) is 2. The number of nitrogens with one attached hydrogen (secondary N) is 1. The molecule has 2 aromatic rings. The summed E-state index contributed by atoms with van der Waals surface area (Å²) >= 11 is 3.18. The molecule has 1 aromatic carbocycles. The van der Waals surface area contributed by atoms with E-state index in [0.29, 0.717) is 15.7 Å². The lowest BCUT2D eigenvalue weighted by Gasteiger charge is -2.09. The summed E-state index contributed by atoms with van der Waals surface area (Å²) in [6.45, 7) is 1.49. The van der Waals surface area contributed by atoms with Crippen molar-refractivity contribution < 1.29 is 14.7 Å². The predicted octanol–water partition coefficient (Wildman–Crippen LogP) is 3.49. The molecule has 0 aliphatic heterocycles. The number of aromatic carboxylic acids is 1. The summed E-state index contributed by atoms with van der Waals surface area (Å²) in [5.74, 6) is -0.845. The molecule has 0 bridgehead atoms. The van der Waals surface area contributed by atoms with Crippen LogP contribution in [-0.4, -0.2) is 21.8 Å². The minimum atomic E-state index is -1.07. The van der Waals surface area contributed by atoms with Crippen LogP contribution in [0.2, 0.25) is 0 Å². The van der Waals surface area contributed by atoms with E-state index in [4.69, 9.17) is 5.11 Å². The van der Waals surface area contributed by atoms with Gasteiger partial charge in [0.2, 0.25) is 0 Å². The highest BCUT2D eigenvalue weighted by atomic mass is 79.9. The van der Waals surface area contributed by atoms with E-state index < -0.39 is 5.97 Å². The zero-order valence-electron chi connectivity index (χ0n) is 10.6. The van der Waals surface area contributed by atoms with Gasteiger partial charge in [0.25, 0.3) is 0 Å². The molecule has 0 saturated carbocycles. The van der Waals surface area contributed by atoms with E-state index in [1.54, 1.807) is 24.3 Å². The van der Waals surface area contributed by atoms with Gasteiger partial charge in [-0.25, -0.2) is 9.78 Å². The van der Waals surface area contributed by atoms with E-state index in [1.807, 2.05) is 0 Å². The van der Waals surface area contributed by atoms with Crippen molar-refractivity contribution in [1.29, 1.82) is 0 Å². The number of halogens is 1. The fourth-order valence-corrected chi connectivity index (χ4v) is 1.96. The quantitative estimate of drug-likeness (QED) is 0.836. The zero-order chi connectivity index (χ0) is 14.7. The highest BCUT2D eigenvalue weighted by Crippen LogP contribution is 2.22. The molecule has 2 rings (SSSR count). The van der Waals surface area contributed by atoms with Crippen LogP contribution < -0.4 is 5.32 Å². The van der Waals surface area contributed by atoms with Gasteiger partial charge in [0, 0.05) is 21.9 Å². The van der Waals surface area contributed by atoms with Crippen molar-refractivity contribution in [2.24, 2.45) is 0 Å². The van der Waals surface area contributed by atoms with E-state index in [2.05, 4.69) is 26.2 Å². The van der Waals surface area contributed by atoms with Gasteiger partial charge in [0.05, 0.1) is 0 Å². The summed E-state index contributed by atoms with van der Waals surface area (Å²) in [7, 11) is 0. The van der Waals surface area contributed by atoms with Crippen LogP contribution in [-0.2, 0) is 0 Å². The van der Waals surface area contributed by atoms with Crippen molar-refractivity contribution in [3.05, 3.63) is 52.1 Å². The van der Waals surface area contributed by atoms with Crippen molar-refractivity contribution >= 4 is 39.2 Å². The number of rotatable bonds is 4. The third kappa shape index (κ3) is 3.21. The van der Waals surface area contributed by atoms with Gasteiger partial charge in [-0.3, -0.25) is 4.79 Å². The van der Waals surface area contributed by atoms with E-state index in [-0.39, 0.29) is 17.2 Å². The van der Waals surface area contributed by atoms with Crippen molar-refractivity contribution in [2.45, 2.75) is 6.92 Å². The number of ketones is 1. The summed E-state index contributed by atoms with van der Waals surface area (Å²) < 4.78 is 0.590. The highest BCUT2D eigenvalue weighted by Gasteiger charge is 2.12. The van der Waals surface area contributed by atoms with Gasteiger partial charge >= 0.3 is 5.97 Å². The number of carboxylic acids is 1. The molecule has 0 amide bonds. The minimum Gasteiger partial charge on any atom is -0.478 e. The van der Waals surface area contributed by atoms with Crippen molar-refractivity contribution in [3.8, 4) is 0 Å². The molecule has 2 N–H and O–H groups in total. The number of carbonyl (C=O) groups is 2. The molecule has 0 spiro atoms. The topological polar surface area (TPSA) is 79.3 Å². The van der Waals surface area contributed by atoms with Crippen molar-refractivity contribution in [3.63, 3.8) is 0 Å². The summed E-state index contributed by atoms with van der Waals surface area (Å²) in [6.07, 6.45) is 1.51. The molecular weight excluding hydrogens is 324 g/mol. The maximum Gasteiger partial charge on any atom is 0.339 e. The number of carbonyl (C=O) groups excluding carboxylic acids is 1. The van der Waals surface area contributed by atoms with Gasteiger partial charge in [0.1, 0.15) is 11.4 Å². The Hall–Kier alpha value is -2.21. The van der Waals surface area contributed by atoms with E-state index in [1.165, 1.54) is 19.2 Å². The third-order valence-electron chi connectivity index (χ3n) is 2.64. The Labute approximate surface area is 123 Å². The second-order valence-electron chi connectivity index (χ2n) is 4.11. The standard InChI is InChI=1S/C14H11BrN2O3/c1-8(18)9-2-4-11(5-3-9)17-13-12(14(19)20)6-10(15)7-16-13/h2-7H,1H3,(H,16,17)(H,19,20). The maximum atomic E-state index is 11.2. The second-order valence-corrected chi connectivity index (χ2v) is 5.03. The Balaban J connectivity index is 2.30. The fraction of sp³-hybridized carbons (Fsp3) is 0.0714. The lowest BCUT2D eigenvalue weighted by atomic mass is 10.1. The van der Waals surface area contributed by atoms with Gasteiger partial charge in [-0.2, -0.15) is 0 Å². The number of nitrogens with zero attached hydrogens (tertiary/aromatic N) is 1. The Morgan fingerprint density at radius 3 is 2.45 bits per heavy atom. The summed E-state index contributed by atoms with van der Waals surface area (Å²) in [5, 5.41) is 12.1. The number of benzene rings is 1. The molecule has 0 fully saturated rings. The smallest absolute Gasteiger partial charge is 0.339 e. The molecular formula is C14H11BrN2O3. The molecule has 1 aromatic heterocycles. The van der Waals surface area contributed by atoms with Gasteiger partial charge in [0.15, 0.2) is 5.78 Å².